The molecule has 0 radical (unpaired) electrons. The van der Waals surface area contributed by atoms with Crippen LogP contribution in [-0.2, 0) is 9.53 Å². The van der Waals surface area contributed by atoms with Crippen LogP contribution in [0.2, 0.25) is 5.02 Å². The lowest BCUT2D eigenvalue weighted by Gasteiger charge is -2.08. The Morgan fingerprint density at radius 3 is 2.34 bits per heavy atom. The summed E-state index contributed by atoms with van der Waals surface area (Å²) in [6.07, 6.45) is 3.22. The van der Waals surface area contributed by atoms with Crippen molar-refractivity contribution >= 4 is 45.9 Å². The standard InChI is InChI=1S/C26H26ClNO3S/c1-5-31-26(30)24-23(20-11-13-21(27)14-12-20)17(4)32-25(24)28-22(29)15-8-18-6-9-19(10-7-18)16(2)3/h6-16H,5H2,1-4H3,(H,28,29). The first-order chi connectivity index (χ1) is 15.3. The molecule has 0 saturated heterocycles. The molecule has 1 heterocycles. The third kappa shape index (κ3) is 5.67. The molecule has 0 fully saturated rings. The van der Waals surface area contributed by atoms with E-state index in [0.29, 0.717) is 21.5 Å². The van der Waals surface area contributed by atoms with Gasteiger partial charge in [0.15, 0.2) is 0 Å². The lowest BCUT2D eigenvalue weighted by atomic mass is 10.0. The van der Waals surface area contributed by atoms with Crippen LogP contribution in [0.15, 0.2) is 54.6 Å². The zero-order valence-corrected chi connectivity index (χ0v) is 20.1. The number of carbonyl (C=O) groups is 2. The van der Waals surface area contributed by atoms with Gasteiger partial charge in [-0.2, -0.15) is 0 Å². The van der Waals surface area contributed by atoms with Crippen LogP contribution in [0, 0.1) is 6.92 Å². The van der Waals surface area contributed by atoms with Crippen molar-refractivity contribution in [3.8, 4) is 11.1 Å². The first-order valence-electron chi connectivity index (χ1n) is 10.5. The van der Waals surface area contributed by atoms with Crippen molar-refractivity contribution in [2.24, 2.45) is 0 Å². The van der Waals surface area contributed by atoms with Crippen LogP contribution in [0.1, 0.15) is 53.1 Å². The molecule has 0 spiro atoms. The Hall–Kier alpha value is -2.89. The van der Waals surface area contributed by atoms with E-state index in [4.69, 9.17) is 16.3 Å². The Bertz CT molecular complexity index is 1130. The molecule has 0 aliphatic heterocycles. The summed E-state index contributed by atoms with van der Waals surface area (Å²) >= 11 is 7.37. The van der Waals surface area contributed by atoms with Gasteiger partial charge >= 0.3 is 5.97 Å². The van der Waals surface area contributed by atoms with E-state index in [1.54, 1.807) is 25.1 Å². The van der Waals surface area contributed by atoms with Gasteiger partial charge in [-0.3, -0.25) is 4.79 Å². The first-order valence-corrected chi connectivity index (χ1v) is 11.6. The average Bonchev–Trinajstić information content (AvgIpc) is 3.08. The van der Waals surface area contributed by atoms with Crippen LogP contribution in [0.25, 0.3) is 17.2 Å². The zero-order valence-electron chi connectivity index (χ0n) is 18.6. The molecular formula is C26H26ClNO3S. The maximum atomic E-state index is 12.8. The second-order valence-corrected chi connectivity index (χ2v) is 9.27. The second kappa shape index (κ2) is 10.6. The maximum Gasteiger partial charge on any atom is 0.341 e. The summed E-state index contributed by atoms with van der Waals surface area (Å²) in [5, 5.41) is 3.94. The number of hydrogen-bond donors (Lipinski definition) is 1. The van der Waals surface area contributed by atoms with Gasteiger partial charge in [-0.1, -0.05) is 61.8 Å². The van der Waals surface area contributed by atoms with Gasteiger partial charge in [0.25, 0.3) is 0 Å². The van der Waals surface area contributed by atoms with Gasteiger partial charge in [-0.15, -0.1) is 11.3 Å². The summed E-state index contributed by atoms with van der Waals surface area (Å²) in [5.74, 6) is -0.327. The third-order valence-electron chi connectivity index (χ3n) is 4.96. The van der Waals surface area contributed by atoms with E-state index in [9.17, 15) is 9.59 Å². The number of rotatable bonds is 7. The van der Waals surface area contributed by atoms with E-state index in [1.165, 1.54) is 23.0 Å². The van der Waals surface area contributed by atoms with Gasteiger partial charge < -0.3 is 10.1 Å². The summed E-state index contributed by atoms with van der Waals surface area (Å²) in [5.41, 5.74) is 4.12. The van der Waals surface area contributed by atoms with Crippen molar-refractivity contribution in [3.63, 3.8) is 0 Å². The molecule has 166 valence electrons. The molecule has 1 amide bonds. The summed E-state index contributed by atoms with van der Waals surface area (Å²) in [4.78, 5) is 26.3. The van der Waals surface area contributed by atoms with Crippen LogP contribution >= 0.6 is 22.9 Å². The summed E-state index contributed by atoms with van der Waals surface area (Å²) < 4.78 is 5.28. The molecule has 0 aliphatic rings. The number of nitrogens with one attached hydrogen (secondary N) is 1. The predicted octanol–water partition coefficient (Wildman–Crippen LogP) is 7.33. The monoisotopic (exact) mass is 467 g/mol. The number of amides is 1. The van der Waals surface area contributed by atoms with E-state index in [2.05, 4.69) is 31.3 Å². The Morgan fingerprint density at radius 2 is 1.75 bits per heavy atom. The van der Waals surface area contributed by atoms with E-state index in [1.807, 2.05) is 31.2 Å². The number of esters is 1. The van der Waals surface area contributed by atoms with Gasteiger partial charge in [-0.25, -0.2) is 4.79 Å². The van der Waals surface area contributed by atoms with Crippen LogP contribution in [0.4, 0.5) is 5.00 Å². The Labute approximate surface area is 197 Å². The van der Waals surface area contributed by atoms with E-state index in [-0.39, 0.29) is 12.5 Å². The molecule has 2 aromatic carbocycles. The Kier molecular flexibility index (Phi) is 7.89. The van der Waals surface area contributed by atoms with Crippen molar-refractivity contribution in [1.82, 2.24) is 0 Å². The van der Waals surface area contributed by atoms with Crippen molar-refractivity contribution in [2.45, 2.75) is 33.6 Å². The number of ether oxygens (including phenoxy) is 1. The summed E-state index contributed by atoms with van der Waals surface area (Å²) in [7, 11) is 0. The maximum absolute atomic E-state index is 12.8. The number of halogens is 1. The second-order valence-electron chi connectivity index (χ2n) is 7.61. The molecule has 6 heteroatoms. The largest absolute Gasteiger partial charge is 0.462 e. The average molecular weight is 468 g/mol. The zero-order chi connectivity index (χ0) is 23.3. The number of benzene rings is 2. The Morgan fingerprint density at radius 1 is 1.09 bits per heavy atom. The third-order valence-corrected chi connectivity index (χ3v) is 6.24. The van der Waals surface area contributed by atoms with Gasteiger partial charge in [-0.05, 0) is 54.7 Å². The van der Waals surface area contributed by atoms with Gasteiger partial charge in [0, 0.05) is 21.5 Å². The van der Waals surface area contributed by atoms with Crippen molar-refractivity contribution in [2.75, 3.05) is 11.9 Å². The minimum Gasteiger partial charge on any atom is -0.462 e. The van der Waals surface area contributed by atoms with Gasteiger partial charge in [0.05, 0.1) is 6.61 Å². The fraction of sp³-hybridized carbons (Fsp3) is 0.231. The lowest BCUT2D eigenvalue weighted by Crippen LogP contribution is -2.12. The fourth-order valence-corrected chi connectivity index (χ4v) is 4.51. The van der Waals surface area contributed by atoms with E-state index >= 15 is 0 Å². The number of carbonyl (C=O) groups excluding carboxylic acids is 2. The molecular weight excluding hydrogens is 442 g/mol. The minimum absolute atomic E-state index is 0.243. The van der Waals surface area contributed by atoms with Crippen LogP contribution < -0.4 is 5.32 Å². The SMILES string of the molecule is CCOC(=O)c1c(NC(=O)C=Cc2ccc(C(C)C)cc2)sc(C)c1-c1ccc(Cl)cc1. The molecule has 0 atom stereocenters. The smallest absolute Gasteiger partial charge is 0.341 e. The van der Waals surface area contributed by atoms with Gasteiger partial charge in [0.1, 0.15) is 10.6 Å². The van der Waals surface area contributed by atoms with Crippen LogP contribution in [0.3, 0.4) is 0 Å². The quantitative estimate of drug-likeness (QED) is 0.292. The highest BCUT2D eigenvalue weighted by Gasteiger charge is 2.25. The van der Waals surface area contributed by atoms with Crippen LogP contribution in [0.5, 0.6) is 0 Å². The topological polar surface area (TPSA) is 55.4 Å². The fourth-order valence-electron chi connectivity index (χ4n) is 3.31. The van der Waals surface area contributed by atoms with E-state index < -0.39 is 5.97 Å². The minimum atomic E-state index is -0.467. The highest BCUT2D eigenvalue weighted by molar-refractivity contribution is 7.17. The highest BCUT2D eigenvalue weighted by atomic mass is 35.5. The molecule has 1 N–H and O–H groups in total. The molecule has 3 aromatic rings. The van der Waals surface area contributed by atoms with E-state index in [0.717, 1.165) is 21.6 Å². The molecule has 0 saturated carbocycles. The number of anilines is 1. The normalized spacial score (nSPS) is 11.2. The first kappa shape index (κ1) is 23.8. The molecule has 3 rings (SSSR count). The molecule has 32 heavy (non-hydrogen) atoms. The molecule has 0 unspecified atom stereocenters. The van der Waals surface area contributed by atoms with Crippen molar-refractivity contribution < 1.29 is 14.3 Å². The molecule has 0 bridgehead atoms. The summed E-state index contributed by atoms with van der Waals surface area (Å²) in [6.45, 7) is 8.19. The summed E-state index contributed by atoms with van der Waals surface area (Å²) in [6, 6.07) is 15.3. The van der Waals surface area contributed by atoms with Crippen LogP contribution in [-0.4, -0.2) is 18.5 Å². The number of hydrogen-bond acceptors (Lipinski definition) is 4. The number of thiophene rings is 1. The Balaban J connectivity index is 1.88. The highest BCUT2D eigenvalue weighted by Crippen LogP contribution is 2.40. The number of aryl methyl sites for hydroxylation is 1. The molecule has 1 aromatic heterocycles. The predicted molar refractivity (Wildman–Crippen MR) is 134 cm³/mol. The molecule has 0 aliphatic carbocycles. The van der Waals surface area contributed by atoms with Crippen molar-refractivity contribution in [1.29, 1.82) is 0 Å². The lowest BCUT2D eigenvalue weighted by molar-refractivity contribution is -0.111. The van der Waals surface area contributed by atoms with Crippen molar-refractivity contribution in [3.05, 3.63) is 81.2 Å². The van der Waals surface area contributed by atoms with Gasteiger partial charge in [0.2, 0.25) is 5.91 Å². The molecule has 4 nitrogen and oxygen atoms in total.